The molecule has 2 unspecified atom stereocenters. The van der Waals surface area contributed by atoms with Crippen LogP contribution in [0.2, 0.25) is 0 Å². The van der Waals surface area contributed by atoms with Crippen LogP contribution < -0.4 is 5.32 Å². The van der Waals surface area contributed by atoms with E-state index in [0.29, 0.717) is 17.5 Å². The minimum atomic E-state index is 0.347. The first-order valence-electron chi connectivity index (χ1n) is 5.53. The zero-order chi connectivity index (χ0) is 10.8. The van der Waals surface area contributed by atoms with Crippen LogP contribution in [-0.2, 0) is 0 Å². The highest BCUT2D eigenvalue weighted by Gasteiger charge is 2.31. The molecule has 0 bridgehead atoms. The number of hydrogen-bond acceptors (Lipinski definition) is 2. The van der Waals surface area contributed by atoms with Gasteiger partial charge in [0.2, 0.25) is 0 Å². The lowest BCUT2D eigenvalue weighted by Gasteiger charge is -2.43. The normalized spacial score (nSPS) is 30.3. The molecule has 0 spiro atoms. The molecule has 14 heavy (non-hydrogen) atoms. The molecule has 0 aromatic heterocycles. The van der Waals surface area contributed by atoms with Gasteiger partial charge in [0, 0.05) is 31.7 Å². The standard InChI is InChI=1S/C12H24N2/c1-6-7-14-9-11(12(3,4)5)13-8-10(14)2/h6,10-11,13H,1,7-9H2,2-5H3. The Bertz CT molecular complexity index is 193. The minimum Gasteiger partial charge on any atom is -0.311 e. The molecular weight excluding hydrogens is 172 g/mol. The molecular formula is C12H24N2. The molecule has 0 amide bonds. The van der Waals surface area contributed by atoms with Crippen LogP contribution in [0.4, 0.5) is 0 Å². The maximum absolute atomic E-state index is 3.81. The average molecular weight is 196 g/mol. The van der Waals surface area contributed by atoms with E-state index in [4.69, 9.17) is 0 Å². The first-order chi connectivity index (χ1) is 6.45. The van der Waals surface area contributed by atoms with Gasteiger partial charge in [0.25, 0.3) is 0 Å². The van der Waals surface area contributed by atoms with E-state index >= 15 is 0 Å². The van der Waals surface area contributed by atoms with Crippen molar-refractivity contribution < 1.29 is 0 Å². The van der Waals surface area contributed by atoms with E-state index in [1.165, 1.54) is 0 Å². The van der Waals surface area contributed by atoms with Gasteiger partial charge < -0.3 is 5.32 Å². The lowest BCUT2D eigenvalue weighted by Crippen LogP contribution is -2.59. The van der Waals surface area contributed by atoms with Crippen molar-refractivity contribution in [2.24, 2.45) is 5.41 Å². The number of piperazine rings is 1. The zero-order valence-corrected chi connectivity index (χ0v) is 10.0. The third-order valence-corrected chi connectivity index (χ3v) is 3.11. The van der Waals surface area contributed by atoms with Crippen LogP contribution in [0.5, 0.6) is 0 Å². The predicted octanol–water partition coefficient (Wildman–Crippen LogP) is 1.88. The molecule has 1 heterocycles. The quantitative estimate of drug-likeness (QED) is 0.678. The van der Waals surface area contributed by atoms with Gasteiger partial charge in [0.1, 0.15) is 0 Å². The Hall–Kier alpha value is -0.340. The summed E-state index contributed by atoms with van der Waals surface area (Å²) in [5.74, 6) is 0. The van der Waals surface area contributed by atoms with Gasteiger partial charge in [-0.15, -0.1) is 6.58 Å². The molecule has 1 N–H and O–H groups in total. The van der Waals surface area contributed by atoms with Gasteiger partial charge in [-0.1, -0.05) is 26.8 Å². The second kappa shape index (κ2) is 4.45. The van der Waals surface area contributed by atoms with E-state index in [0.717, 1.165) is 19.6 Å². The summed E-state index contributed by atoms with van der Waals surface area (Å²) in [6.45, 7) is 16.2. The van der Waals surface area contributed by atoms with E-state index < -0.39 is 0 Å². The van der Waals surface area contributed by atoms with E-state index in [9.17, 15) is 0 Å². The largest absolute Gasteiger partial charge is 0.311 e. The molecule has 1 saturated heterocycles. The van der Waals surface area contributed by atoms with Crippen molar-refractivity contribution in [2.45, 2.75) is 39.8 Å². The minimum absolute atomic E-state index is 0.347. The average Bonchev–Trinajstić information content (AvgIpc) is 2.07. The fraction of sp³-hybridized carbons (Fsp3) is 0.833. The topological polar surface area (TPSA) is 15.3 Å². The molecule has 0 aliphatic carbocycles. The number of hydrogen-bond donors (Lipinski definition) is 1. The Morgan fingerprint density at radius 1 is 1.50 bits per heavy atom. The van der Waals surface area contributed by atoms with Gasteiger partial charge in [0.15, 0.2) is 0 Å². The molecule has 1 aliphatic heterocycles. The summed E-state index contributed by atoms with van der Waals surface area (Å²) in [6, 6.07) is 1.23. The van der Waals surface area contributed by atoms with Crippen LogP contribution in [-0.4, -0.2) is 36.6 Å². The van der Waals surface area contributed by atoms with E-state index in [1.807, 2.05) is 6.08 Å². The molecule has 1 aliphatic rings. The van der Waals surface area contributed by atoms with Gasteiger partial charge in [-0.2, -0.15) is 0 Å². The molecule has 2 nitrogen and oxygen atoms in total. The van der Waals surface area contributed by atoms with Crippen molar-refractivity contribution in [3.05, 3.63) is 12.7 Å². The molecule has 82 valence electrons. The molecule has 1 fully saturated rings. The Kier molecular flexibility index (Phi) is 3.73. The second-order valence-electron chi connectivity index (χ2n) is 5.42. The first-order valence-corrected chi connectivity index (χ1v) is 5.53. The van der Waals surface area contributed by atoms with Crippen molar-refractivity contribution in [3.8, 4) is 0 Å². The number of nitrogens with zero attached hydrogens (tertiary/aromatic N) is 1. The smallest absolute Gasteiger partial charge is 0.0244 e. The van der Waals surface area contributed by atoms with Crippen molar-refractivity contribution in [1.29, 1.82) is 0 Å². The SMILES string of the molecule is C=CCN1CC(C(C)(C)C)NCC1C. The summed E-state index contributed by atoms with van der Waals surface area (Å²) in [5, 5.41) is 3.62. The fourth-order valence-corrected chi connectivity index (χ4v) is 1.92. The molecule has 2 heteroatoms. The van der Waals surface area contributed by atoms with Crippen molar-refractivity contribution >= 4 is 0 Å². The van der Waals surface area contributed by atoms with Gasteiger partial charge in [-0.05, 0) is 12.3 Å². The first kappa shape index (κ1) is 11.7. The third kappa shape index (κ3) is 2.82. The highest BCUT2D eigenvalue weighted by Crippen LogP contribution is 2.23. The Labute approximate surface area is 88.4 Å². The molecule has 0 aromatic rings. The van der Waals surface area contributed by atoms with Crippen LogP contribution in [0.15, 0.2) is 12.7 Å². The lowest BCUT2D eigenvalue weighted by molar-refractivity contribution is 0.104. The summed E-state index contributed by atoms with van der Waals surface area (Å²) in [6.07, 6.45) is 2.00. The molecule has 0 saturated carbocycles. The summed E-state index contributed by atoms with van der Waals surface area (Å²) in [7, 11) is 0. The van der Waals surface area contributed by atoms with Crippen LogP contribution in [0, 0.1) is 5.41 Å². The molecule has 0 radical (unpaired) electrons. The third-order valence-electron chi connectivity index (χ3n) is 3.11. The van der Waals surface area contributed by atoms with Gasteiger partial charge in [0.05, 0.1) is 0 Å². The Morgan fingerprint density at radius 3 is 2.64 bits per heavy atom. The molecule has 2 atom stereocenters. The van der Waals surface area contributed by atoms with Gasteiger partial charge in [-0.3, -0.25) is 4.90 Å². The maximum atomic E-state index is 3.81. The van der Waals surface area contributed by atoms with E-state index in [2.05, 4.69) is 44.5 Å². The van der Waals surface area contributed by atoms with E-state index in [1.54, 1.807) is 0 Å². The van der Waals surface area contributed by atoms with E-state index in [-0.39, 0.29) is 0 Å². The van der Waals surface area contributed by atoms with Crippen LogP contribution in [0.1, 0.15) is 27.7 Å². The summed E-state index contributed by atoms with van der Waals surface area (Å²) in [4.78, 5) is 2.50. The van der Waals surface area contributed by atoms with Gasteiger partial charge in [-0.25, -0.2) is 0 Å². The molecule has 0 aromatic carbocycles. The van der Waals surface area contributed by atoms with Crippen molar-refractivity contribution in [1.82, 2.24) is 10.2 Å². The highest BCUT2D eigenvalue weighted by molar-refractivity contribution is 4.92. The summed E-state index contributed by atoms with van der Waals surface area (Å²) >= 11 is 0. The molecule has 1 rings (SSSR count). The number of nitrogens with one attached hydrogen (secondary N) is 1. The maximum Gasteiger partial charge on any atom is 0.0244 e. The Morgan fingerprint density at radius 2 is 2.14 bits per heavy atom. The number of rotatable bonds is 2. The van der Waals surface area contributed by atoms with Gasteiger partial charge >= 0.3 is 0 Å². The monoisotopic (exact) mass is 196 g/mol. The van der Waals surface area contributed by atoms with Crippen LogP contribution >= 0.6 is 0 Å². The summed E-state index contributed by atoms with van der Waals surface area (Å²) < 4.78 is 0. The van der Waals surface area contributed by atoms with Crippen molar-refractivity contribution in [3.63, 3.8) is 0 Å². The van der Waals surface area contributed by atoms with Crippen LogP contribution in [0.3, 0.4) is 0 Å². The lowest BCUT2D eigenvalue weighted by atomic mass is 9.85. The second-order valence-corrected chi connectivity index (χ2v) is 5.42. The van der Waals surface area contributed by atoms with Crippen LogP contribution in [0.25, 0.3) is 0 Å². The predicted molar refractivity (Wildman–Crippen MR) is 62.5 cm³/mol. The summed E-state index contributed by atoms with van der Waals surface area (Å²) in [5.41, 5.74) is 0.347. The van der Waals surface area contributed by atoms with Crippen molar-refractivity contribution in [2.75, 3.05) is 19.6 Å². The Balaban J connectivity index is 2.57. The highest BCUT2D eigenvalue weighted by atomic mass is 15.2. The zero-order valence-electron chi connectivity index (χ0n) is 10.0. The fourth-order valence-electron chi connectivity index (χ4n) is 1.92.